The molecule has 1 saturated heterocycles. The van der Waals surface area contributed by atoms with E-state index in [1.807, 2.05) is 20.8 Å². The van der Waals surface area contributed by atoms with Crippen molar-refractivity contribution in [1.82, 2.24) is 19.9 Å². The highest BCUT2D eigenvalue weighted by molar-refractivity contribution is 5.78. The molecule has 1 aliphatic heterocycles. The standard InChI is InChI=1S/C14H18FN5O2/c1-14(2,3)22-13(21)19-6-8(7-19)20-12-4-9(15)10(16)5-11(12)17-18-20/h4-5,8H,6-7,16H2,1-3H3. The quantitative estimate of drug-likeness (QED) is 0.814. The van der Waals surface area contributed by atoms with Crippen LogP contribution in [0.25, 0.3) is 11.0 Å². The van der Waals surface area contributed by atoms with Gasteiger partial charge in [0.15, 0.2) is 0 Å². The van der Waals surface area contributed by atoms with E-state index in [1.165, 1.54) is 12.1 Å². The number of nitrogens with two attached hydrogens (primary N) is 1. The Morgan fingerprint density at radius 2 is 2.09 bits per heavy atom. The number of benzene rings is 1. The number of amides is 1. The lowest BCUT2D eigenvalue weighted by molar-refractivity contribution is -0.0000785. The lowest BCUT2D eigenvalue weighted by Crippen LogP contribution is -2.52. The molecule has 8 heteroatoms. The Morgan fingerprint density at radius 1 is 1.41 bits per heavy atom. The van der Waals surface area contributed by atoms with Gasteiger partial charge in [0.05, 0.1) is 17.2 Å². The first kappa shape index (κ1) is 14.6. The maximum absolute atomic E-state index is 13.6. The maximum Gasteiger partial charge on any atom is 0.410 e. The summed E-state index contributed by atoms with van der Waals surface area (Å²) in [6.45, 7) is 6.37. The van der Waals surface area contributed by atoms with E-state index >= 15 is 0 Å². The van der Waals surface area contributed by atoms with Gasteiger partial charge in [-0.1, -0.05) is 5.21 Å². The van der Waals surface area contributed by atoms with E-state index < -0.39 is 11.4 Å². The summed E-state index contributed by atoms with van der Waals surface area (Å²) in [4.78, 5) is 13.5. The van der Waals surface area contributed by atoms with Gasteiger partial charge in [-0.3, -0.25) is 0 Å². The fraction of sp³-hybridized carbons (Fsp3) is 0.500. The van der Waals surface area contributed by atoms with Crippen molar-refractivity contribution in [2.75, 3.05) is 18.8 Å². The number of hydrogen-bond donors (Lipinski definition) is 1. The highest BCUT2D eigenvalue weighted by Crippen LogP contribution is 2.27. The van der Waals surface area contributed by atoms with Crippen LogP contribution in [0.15, 0.2) is 12.1 Å². The predicted octanol–water partition coefficient (Wildman–Crippen LogP) is 1.94. The molecule has 0 unspecified atom stereocenters. The van der Waals surface area contributed by atoms with Crippen molar-refractivity contribution in [2.24, 2.45) is 0 Å². The first-order chi connectivity index (χ1) is 10.2. The summed E-state index contributed by atoms with van der Waals surface area (Å²) >= 11 is 0. The van der Waals surface area contributed by atoms with Crippen LogP contribution < -0.4 is 5.73 Å². The molecule has 1 fully saturated rings. The van der Waals surface area contributed by atoms with E-state index in [1.54, 1.807) is 9.58 Å². The smallest absolute Gasteiger partial charge is 0.410 e. The Kier molecular flexibility index (Phi) is 3.19. The van der Waals surface area contributed by atoms with Crippen LogP contribution in [0.3, 0.4) is 0 Å². The number of nitrogen functional groups attached to an aromatic ring is 1. The van der Waals surface area contributed by atoms with Crippen molar-refractivity contribution in [2.45, 2.75) is 32.4 Å². The van der Waals surface area contributed by atoms with Gasteiger partial charge in [-0.15, -0.1) is 5.10 Å². The van der Waals surface area contributed by atoms with Crippen LogP contribution in [0.4, 0.5) is 14.9 Å². The molecule has 0 saturated carbocycles. The summed E-state index contributed by atoms with van der Waals surface area (Å²) < 4.78 is 20.5. The molecule has 0 aliphatic carbocycles. The van der Waals surface area contributed by atoms with Crippen molar-refractivity contribution in [3.05, 3.63) is 17.9 Å². The fourth-order valence-electron chi connectivity index (χ4n) is 2.33. The molecule has 1 amide bonds. The van der Waals surface area contributed by atoms with Crippen LogP contribution in [-0.4, -0.2) is 44.7 Å². The van der Waals surface area contributed by atoms with E-state index in [2.05, 4.69) is 10.3 Å². The number of nitrogens with zero attached hydrogens (tertiary/aromatic N) is 4. The van der Waals surface area contributed by atoms with E-state index in [-0.39, 0.29) is 17.8 Å². The molecular formula is C14H18FN5O2. The zero-order valence-corrected chi connectivity index (χ0v) is 12.7. The van der Waals surface area contributed by atoms with Crippen LogP contribution in [0.5, 0.6) is 0 Å². The van der Waals surface area contributed by atoms with E-state index in [0.717, 1.165) is 0 Å². The van der Waals surface area contributed by atoms with Crippen LogP contribution in [-0.2, 0) is 4.74 Å². The first-order valence-corrected chi connectivity index (χ1v) is 7.02. The van der Waals surface area contributed by atoms with E-state index in [0.29, 0.717) is 24.1 Å². The third kappa shape index (κ3) is 2.56. The highest BCUT2D eigenvalue weighted by Gasteiger charge is 2.36. The second-order valence-corrected chi connectivity index (χ2v) is 6.44. The summed E-state index contributed by atoms with van der Waals surface area (Å²) in [5.74, 6) is -0.501. The van der Waals surface area contributed by atoms with Crippen molar-refractivity contribution in [3.8, 4) is 0 Å². The molecule has 2 N–H and O–H groups in total. The van der Waals surface area contributed by atoms with Gasteiger partial charge in [0.2, 0.25) is 0 Å². The summed E-state index contributed by atoms with van der Waals surface area (Å²) in [6, 6.07) is 2.74. The minimum absolute atomic E-state index is 0.0412. The molecule has 2 aromatic rings. The minimum atomic E-state index is -0.525. The van der Waals surface area contributed by atoms with Gasteiger partial charge in [0.25, 0.3) is 0 Å². The number of likely N-dealkylation sites (tertiary alicyclic amines) is 1. The lowest BCUT2D eigenvalue weighted by atomic mass is 10.1. The molecular weight excluding hydrogens is 289 g/mol. The van der Waals surface area contributed by atoms with Crippen molar-refractivity contribution in [1.29, 1.82) is 0 Å². The predicted molar refractivity (Wildman–Crippen MR) is 78.7 cm³/mol. The third-order valence-corrected chi connectivity index (χ3v) is 3.45. The van der Waals surface area contributed by atoms with Crippen molar-refractivity contribution >= 4 is 22.8 Å². The van der Waals surface area contributed by atoms with E-state index in [4.69, 9.17) is 10.5 Å². The summed E-state index contributed by atoms with van der Waals surface area (Å²) in [5, 5.41) is 8.02. The largest absolute Gasteiger partial charge is 0.444 e. The average Bonchev–Trinajstić information content (AvgIpc) is 2.69. The number of anilines is 1. The molecule has 22 heavy (non-hydrogen) atoms. The molecule has 1 aromatic heterocycles. The molecule has 7 nitrogen and oxygen atoms in total. The number of carbonyl (C=O) groups is 1. The molecule has 118 valence electrons. The number of ether oxygens (including phenoxy) is 1. The fourth-order valence-corrected chi connectivity index (χ4v) is 2.33. The van der Waals surface area contributed by atoms with Crippen LogP contribution in [0.1, 0.15) is 26.8 Å². The molecule has 0 atom stereocenters. The van der Waals surface area contributed by atoms with Crippen molar-refractivity contribution in [3.63, 3.8) is 0 Å². The Bertz CT molecular complexity index is 731. The van der Waals surface area contributed by atoms with Crippen LogP contribution in [0, 0.1) is 5.82 Å². The molecule has 1 aromatic carbocycles. The molecule has 3 rings (SSSR count). The number of aromatic nitrogens is 3. The van der Waals surface area contributed by atoms with Gasteiger partial charge in [-0.05, 0) is 26.8 Å². The maximum atomic E-state index is 13.6. The van der Waals surface area contributed by atoms with Crippen LogP contribution in [0.2, 0.25) is 0 Å². The second kappa shape index (κ2) is 4.82. The average molecular weight is 307 g/mol. The Morgan fingerprint density at radius 3 is 2.73 bits per heavy atom. The number of carbonyl (C=O) groups excluding carboxylic acids is 1. The van der Waals surface area contributed by atoms with Gasteiger partial charge in [-0.25, -0.2) is 13.9 Å². The van der Waals surface area contributed by atoms with Gasteiger partial charge in [0.1, 0.15) is 16.9 Å². The number of rotatable bonds is 1. The zero-order chi connectivity index (χ0) is 16.1. The monoisotopic (exact) mass is 307 g/mol. The van der Waals surface area contributed by atoms with Gasteiger partial charge >= 0.3 is 6.09 Å². The highest BCUT2D eigenvalue weighted by atomic mass is 19.1. The summed E-state index contributed by atoms with van der Waals surface area (Å²) in [5.41, 5.74) is 6.14. The number of fused-ring (bicyclic) bond motifs is 1. The molecule has 0 radical (unpaired) electrons. The summed E-state index contributed by atoms with van der Waals surface area (Å²) in [6.07, 6.45) is -0.358. The van der Waals surface area contributed by atoms with Gasteiger partial charge < -0.3 is 15.4 Å². The molecule has 0 spiro atoms. The first-order valence-electron chi connectivity index (χ1n) is 7.02. The van der Waals surface area contributed by atoms with Crippen molar-refractivity contribution < 1.29 is 13.9 Å². The SMILES string of the molecule is CC(C)(C)OC(=O)N1CC(n2nnc3cc(N)c(F)cc32)C1. The Hall–Kier alpha value is -2.38. The Labute approximate surface area is 126 Å². The van der Waals surface area contributed by atoms with Gasteiger partial charge in [-0.2, -0.15) is 0 Å². The normalized spacial score (nSPS) is 15.9. The Balaban J connectivity index is 1.73. The minimum Gasteiger partial charge on any atom is -0.444 e. The lowest BCUT2D eigenvalue weighted by Gasteiger charge is -2.39. The molecule has 2 heterocycles. The zero-order valence-electron chi connectivity index (χ0n) is 12.7. The van der Waals surface area contributed by atoms with E-state index in [9.17, 15) is 9.18 Å². The molecule has 1 aliphatic rings. The summed E-state index contributed by atoms with van der Waals surface area (Å²) in [7, 11) is 0. The topological polar surface area (TPSA) is 86.3 Å². The van der Waals surface area contributed by atoms with Gasteiger partial charge in [0, 0.05) is 19.2 Å². The third-order valence-electron chi connectivity index (χ3n) is 3.45. The second-order valence-electron chi connectivity index (χ2n) is 6.44. The number of halogens is 1. The molecule has 0 bridgehead atoms. The number of hydrogen-bond acceptors (Lipinski definition) is 5. The van der Waals surface area contributed by atoms with Crippen LogP contribution >= 0.6 is 0 Å².